The summed E-state index contributed by atoms with van der Waals surface area (Å²) in [6.45, 7) is 4.88. The van der Waals surface area contributed by atoms with E-state index in [1.54, 1.807) is 0 Å². The van der Waals surface area contributed by atoms with Gasteiger partial charge >= 0.3 is 0 Å². The molecular weight excluding hydrogens is 370 g/mol. The Morgan fingerprint density at radius 3 is 2.33 bits per heavy atom. The Labute approximate surface area is 182 Å². The third kappa shape index (κ3) is 7.19. The average molecular weight is 408 g/mol. The lowest BCUT2D eigenvalue weighted by Gasteiger charge is -2.25. The third-order valence-corrected chi connectivity index (χ3v) is 6.15. The molecule has 162 valence electrons. The highest BCUT2D eigenvalue weighted by Crippen LogP contribution is 2.27. The van der Waals surface area contributed by atoms with Crippen molar-refractivity contribution in [2.75, 3.05) is 0 Å². The van der Waals surface area contributed by atoms with Gasteiger partial charge < -0.3 is 10.1 Å². The SMILES string of the molecule is CCCCc1ccc(COc2ccc(C(=O)N[C@@H](C)CC3CCCCC3)cc2)cc1. The summed E-state index contributed by atoms with van der Waals surface area (Å²) in [7, 11) is 0. The quantitative estimate of drug-likeness (QED) is 0.476. The van der Waals surface area contributed by atoms with Crippen LogP contribution in [0, 0.1) is 5.92 Å². The van der Waals surface area contributed by atoms with Crippen molar-refractivity contribution >= 4 is 5.91 Å². The molecule has 1 fully saturated rings. The van der Waals surface area contributed by atoms with Crippen molar-refractivity contribution in [3.63, 3.8) is 0 Å². The van der Waals surface area contributed by atoms with Crippen LogP contribution in [0.25, 0.3) is 0 Å². The Balaban J connectivity index is 1.44. The summed E-state index contributed by atoms with van der Waals surface area (Å²) < 4.78 is 5.90. The van der Waals surface area contributed by atoms with E-state index in [0.717, 1.165) is 30.1 Å². The normalized spacial score (nSPS) is 15.5. The number of carbonyl (C=O) groups is 1. The van der Waals surface area contributed by atoms with Crippen LogP contribution in [0.1, 0.15) is 86.7 Å². The molecule has 1 aliphatic rings. The molecule has 0 spiro atoms. The second-order valence-corrected chi connectivity index (χ2v) is 8.85. The van der Waals surface area contributed by atoms with Crippen molar-refractivity contribution in [1.82, 2.24) is 5.32 Å². The minimum atomic E-state index is 0.00697. The number of aryl methyl sites for hydroxylation is 1. The molecule has 3 nitrogen and oxygen atoms in total. The Morgan fingerprint density at radius 1 is 1.00 bits per heavy atom. The fourth-order valence-electron chi connectivity index (χ4n) is 4.34. The molecule has 30 heavy (non-hydrogen) atoms. The number of hydrogen-bond donors (Lipinski definition) is 1. The van der Waals surface area contributed by atoms with Crippen LogP contribution < -0.4 is 10.1 Å². The van der Waals surface area contributed by atoms with Gasteiger partial charge in [0.1, 0.15) is 12.4 Å². The number of nitrogens with one attached hydrogen (secondary N) is 1. The molecule has 0 heterocycles. The van der Waals surface area contributed by atoms with Crippen LogP contribution in [0.2, 0.25) is 0 Å². The second kappa shape index (κ2) is 11.8. The zero-order valence-corrected chi connectivity index (χ0v) is 18.7. The minimum Gasteiger partial charge on any atom is -0.489 e. The molecule has 1 amide bonds. The Bertz CT molecular complexity index is 760. The summed E-state index contributed by atoms with van der Waals surface area (Å²) in [5, 5.41) is 3.16. The topological polar surface area (TPSA) is 38.3 Å². The number of hydrogen-bond acceptors (Lipinski definition) is 2. The van der Waals surface area contributed by atoms with Crippen LogP contribution in [0.4, 0.5) is 0 Å². The van der Waals surface area contributed by atoms with Crippen molar-refractivity contribution in [2.24, 2.45) is 5.92 Å². The van der Waals surface area contributed by atoms with Gasteiger partial charge in [-0.3, -0.25) is 4.79 Å². The summed E-state index contributed by atoms with van der Waals surface area (Å²) >= 11 is 0. The van der Waals surface area contributed by atoms with E-state index in [0.29, 0.717) is 12.2 Å². The Morgan fingerprint density at radius 2 is 1.67 bits per heavy atom. The lowest BCUT2D eigenvalue weighted by atomic mass is 9.85. The predicted octanol–water partition coefficient (Wildman–Crippen LogP) is 6.70. The van der Waals surface area contributed by atoms with E-state index in [1.165, 1.54) is 50.5 Å². The van der Waals surface area contributed by atoms with Crippen LogP contribution in [-0.4, -0.2) is 11.9 Å². The molecule has 3 heteroatoms. The van der Waals surface area contributed by atoms with Gasteiger partial charge in [0.2, 0.25) is 0 Å². The van der Waals surface area contributed by atoms with Gasteiger partial charge in [-0.1, -0.05) is 69.7 Å². The number of benzene rings is 2. The maximum Gasteiger partial charge on any atom is 0.251 e. The van der Waals surface area contributed by atoms with Gasteiger partial charge in [-0.25, -0.2) is 0 Å². The standard InChI is InChI=1S/C27H37NO2/c1-3-4-8-22-11-13-24(14-12-22)20-30-26-17-15-25(16-18-26)27(29)28-21(2)19-23-9-6-5-7-10-23/h11-18,21,23H,3-10,19-20H2,1-2H3,(H,28,29)/t21-/m0/s1. The number of unbranched alkanes of at least 4 members (excludes halogenated alkanes) is 1. The van der Waals surface area contributed by atoms with Crippen molar-refractivity contribution in [1.29, 1.82) is 0 Å². The molecule has 3 rings (SSSR count). The molecule has 2 aromatic rings. The molecule has 0 aliphatic heterocycles. The highest BCUT2D eigenvalue weighted by molar-refractivity contribution is 5.94. The molecule has 1 atom stereocenters. The first kappa shape index (κ1) is 22.4. The summed E-state index contributed by atoms with van der Waals surface area (Å²) in [6, 6.07) is 16.4. The van der Waals surface area contributed by atoms with Crippen LogP contribution in [0.5, 0.6) is 5.75 Å². The van der Waals surface area contributed by atoms with Crippen LogP contribution in [0.3, 0.4) is 0 Å². The van der Waals surface area contributed by atoms with E-state index in [2.05, 4.69) is 43.4 Å². The van der Waals surface area contributed by atoms with Gasteiger partial charge in [-0.2, -0.15) is 0 Å². The Hall–Kier alpha value is -2.29. The molecule has 1 saturated carbocycles. The van der Waals surface area contributed by atoms with Gasteiger partial charge in [0.25, 0.3) is 5.91 Å². The first-order valence-electron chi connectivity index (χ1n) is 11.8. The zero-order chi connectivity index (χ0) is 21.2. The smallest absolute Gasteiger partial charge is 0.251 e. The predicted molar refractivity (Wildman–Crippen MR) is 124 cm³/mol. The Kier molecular flexibility index (Phi) is 8.80. The molecule has 0 aromatic heterocycles. The van der Waals surface area contributed by atoms with E-state index in [-0.39, 0.29) is 11.9 Å². The number of ether oxygens (including phenoxy) is 1. The second-order valence-electron chi connectivity index (χ2n) is 8.85. The van der Waals surface area contributed by atoms with Crippen LogP contribution in [0.15, 0.2) is 48.5 Å². The van der Waals surface area contributed by atoms with E-state index >= 15 is 0 Å². The van der Waals surface area contributed by atoms with Crippen molar-refractivity contribution in [2.45, 2.75) is 84.3 Å². The van der Waals surface area contributed by atoms with E-state index in [1.807, 2.05) is 24.3 Å². The van der Waals surface area contributed by atoms with Gasteiger partial charge in [0.05, 0.1) is 0 Å². The van der Waals surface area contributed by atoms with Crippen LogP contribution >= 0.6 is 0 Å². The maximum atomic E-state index is 12.5. The van der Waals surface area contributed by atoms with Crippen LogP contribution in [-0.2, 0) is 13.0 Å². The summed E-state index contributed by atoms with van der Waals surface area (Å²) in [4.78, 5) is 12.5. The summed E-state index contributed by atoms with van der Waals surface area (Å²) in [6.07, 6.45) is 11.4. The summed E-state index contributed by atoms with van der Waals surface area (Å²) in [5.74, 6) is 1.56. The van der Waals surface area contributed by atoms with E-state index in [9.17, 15) is 4.79 Å². The monoisotopic (exact) mass is 407 g/mol. The third-order valence-electron chi connectivity index (χ3n) is 6.15. The first-order valence-corrected chi connectivity index (χ1v) is 11.8. The molecule has 1 aliphatic carbocycles. The average Bonchev–Trinajstić information content (AvgIpc) is 2.78. The lowest BCUT2D eigenvalue weighted by Crippen LogP contribution is -2.34. The highest BCUT2D eigenvalue weighted by Gasteiger charge is 2.18. The van der Waals surface area contributed by atoms with Crippen molar-refractivity contribution in [3.8, 4) is 5.75 Å². The van der Waals surface area contributed by atoms with E-state index < -0.39 is 0 Å². The first-order chi connectivity index (χ1) is 14.6. The largest absolute Gasteiger partial charge is 0.489 e. The summed E-state index contributed by atoms with van der Waals surface area (Å²) in [5.41, 5.74) is 3.24. The number of amides is 1. The van der Waals surface area contributed by atoms with Gasteiger partial charge in [-0.05, 0) is 67.5 Å². The molecular formula is C27H37NO2. The highest BCUT2D eigenvalue weighted by atomic mass is 16.5. The maximum absolute atomic E-state index is 12.5. The lowest BCUT2D eigenvalue weighted by molar-refractivity contribution is 0.0933. The molecule has 0 unspecified atom stereocenters. The zero-order valence-electron chi connectivity index (χ0n) is 18.7. The molecule has 2 aromatic carbocycles. The molecule has 0 bridgehead atoms. The van der Waals surface area contributed by atoms with E-state index in [4.69, 9.17) is 4.74 Å². The van der Waals surface area contributed by atoms with Crippen molar-refractivity contribution < 1.29 is 9.53 Å². The minimum absolute atomic E-state index is 0.00697. The number of rotatable bonds is 10. The molecule has 0 radical (unpaired) electrons. The fraction of sp³-hybridized carbons (Fsp3) is 0.519. The molecule has 0 saturated heterocycles. The molecule has 1 N–H and O–H groups in total. The van der Waals surface area contributed by atoms with Gasteiger partial charge in [0.15, 0.2) is 0 Å². The van der Waals surface area contributed by atoms with Gasteiger partial charge in [0, 0.05) is 11.6 Å². The van der Waals surface area contributed by atoms with Gasteiger partial charge in [-0.15, -0.1) is 0 Å². The fourth-order valence-corrected chi connectivity index (χ4v) is 4.34. The number of carbonyl (C=O) groups excluding carboxylic acids is 1. The van der Waals surface area contributed by atoms with Crippen molar-refractivity contribution in [3.05, 3.63) is 65.2 Å².